The quantitative estimate of drug-likeness (QED) is 0.274. The van der Waals surface area contributed by atoms with Crippen LogP contribution in [0.4, 0.5) is 11.4 Å². The van der Waals surface area contributed by atoms with Crippen molar-refractivity contribution in [3.05, 3.63) is 106 Å². The number of H-pyrrole nitrogens is 1. The lowest BCUT2D eigenvalue weighted by Crippen LogP contribution is -2.13. The van der Waals surface area contributed by atoms with E-state index in [-0.39, 0.29) is 16.9 Å². The van der Waals surface area contributed by atoms with Gasteiger partial charge in [-0.15, -0.1) is 10.2 Å². The Bertz CT molecular complexity index is 1600. The molecule has 2 N–H and O–H groups in total. The molecule has 8 nitrogen and oxygen atoms in total. The third-order valence-corrected chi connectivity index (χ3v) is 6.30. The van der Waals surface area contributed by atoms with Gasteiger partial charge >= 0.3 is 11.5 Å². The van der Waals surface area contributed by atoms with Crippen LogP contribution < -0.4 is 5.56 Å². The molecular weight excluding hydrogens is 462 g/mol. The van der Waals surface area contributed by atoms with Gasteiger partial charge in [0.2, 0.25) is 5.13 Å². The number of nitrogens with one attached hydrogen (secondary N) is 1. The number of carboxylic acid groups (broad SMARTS) is 1. The molecule has 172 valence electrons. The molecule has 0 aliphatic carbocycles. The van der Waals surface area contributed by atoms with Gasteiger partial charge in [0, 0.05) is 16.0 Å². The molecule has 0 aliphatic rings. The molecule has 0 saturated heterocycles. The van der Waals surface area contributed by atoms with E-state index in [9.17, 15) is 14.7 Å². The van der Waals surface area contributed by atoms with Crippen molar-refractivity contribution in [3.8, 4) is 27.6 Å². The second kappa shape index (κ2) is 9.32. The van der Waals surface area contributed by atoms with E-state index in [1.54, 1.807) is 12.1 Å². The molecule has 0 amide bonds. The molecule has 0 unspecified atom stereocenters. The van der Waals surface area contributed by atoms with Crippen LogP contribution in [0.2, 0.25) is 0 Å². The highest BCUT2D eigenvalue weighted by molar-refractivity contribution is 7.14. The largest absolute Gasteiger partial charge is 0.478 e. The first-order chi connectivity index (χ1) is 17.0. The van der Waals surface area contributed by atoms with Gasteiger partial charge in [-0.25, -0.2) is 9.78 Å². The third kappa shape index (κ3) is 4.32. The number of azo groups is 1. The van der Waals surface area contributed by atoms with Crippen molar-refractivity contribution in [1.29, 1.82) is 0 Å². The Hall–Kier alpha value is -4.63. The van der Waals surface area contributed by atoms with Crippen LogP contribution in [0.15, 0.2) is 100.0 Å². The Morgan fingerprint density at radius 3 is 2.23 bits per heavy atom. The van der Waals surface area contributed by atoms with Crippen LogP contribution in [-0.2, 0) is 0 Å². The summed E-state index contributed by atoms with van der Waals surface area (Å²) in [6.45, 7) is 1.96. The molecule has 0 spiro atoms. The zero-order chi connectivity index (χ0) is 24.4. The number of carbonyl (C=O) groups is 1. The summed E-state index contributed by atoms with van der Waals surface area (Å²) in [5, 5.41) is 21.4. The van der Waals surface area contributed by atoms with Crippen molar-refractivity contribution >= 4 is 28.7 Å². The minimum Gasteiger partial charge on any atom is -0.478 e. The lowest BCUT2D eigenvalue weighted by Gasteiger charge is -2.00. The van der Waals surface area contributed by atoms with Gasteiger partial charge in [0.25, 0.3) is 0 Å². The summed E-state index contributed by atoms with van der Waals surface area (Å²) in [4.78, 5) is 30.7. The van der Waals surface area contributed by atoms with Crippen molar-refractivity contribution in [2.24, 2.45) is 10.2 Å². The number of nitrogens with zero attached hydrogens (tertiary/aromatic N) is 4. The number of aromatic carboxylic acids is 1. The molecule has 5 rings (SSSR count). The first-order valence-corrected chi connectivity index (χ1v) is 11.5. The van der Waals surface area contributed by atoms with Crippen LogP contribution in [-0.4, -0.2) is 25.8 Å². The van der Waals surface area contributed by atoms with Gasteiger partial charge in [-0.05, 0) is 19.1 Å². The van der Waals surface area contributed by atoms with Crippen molar-refractivity contribution < 1.29 is 9.90 Å². The summed E-state index contributed by atoms with van der Waals surface area (Å²) in [6.07, 6.45) is 0. The fraction of sp³-hybridized carbons (Fsp3) is 0.0385. The number of benzene rings is 3. The summed E-state index contributed by atoms with van der Waals surface area (Å²) < 4.78 is 1.35. The highest BCUT2D eigenvalue weighted by Gasteiger charge is 2.20. The summed E-state index contributed by atoms with van der Waals surface area (Å²) in [5.74, 6) is -1.12. The van der Waals surface area contributed by atoms with Gasteiger partial charge in [0.1, 0.15) is 5.69 Å². The van der Waals surface area contributed by atoms with Crippen LogP contribution in [0, 0.1) is 6.92 Å². The number of aromatic nitrogens is 3. The molecule has 0 fully saturated rings. The molecule has 0 saturated carbocycles. The van der Waals surface area contributed by atoms with E-state index in [0.29, 0.717) is 10.8 Å². The Kier molecular flexibility index (Phi) is 5.90. The zero-order valence-corrected chi connectivity index (χ0v) is 19.4. The zero-order valence-electron chi connectivity index (χ0n) is 18.5. The Balaban J connectivity index is 1.65. The molecule has 0 radical (unpaired) electrons. The number of rotatable bonds is 6. The third-order valence-electron chi connectivity index (χ3n) is 5.34. The normalized spacial score (nSPS) is 11.2. The highest BCUT2D eigenvalue weighted by atomic mass is 32.1. The van der Waals surface area contributed by atoms with E-state index in [1.807, 2.05) is 67.6 Å². The maximum absolute atomic E-state index is 13.5. The topological polar surface area (TPSA) is 113 Å². The Morgan fingerprint density at radius 1 is 0.914 bits per heavy atom. The summed E-state index contributed by atoms with van der Waals surface area (Å²) >= 11 is 1.39. The predicted molar refractivity (Wildman–Crippen MR) is 135 cm³/mol. The first-order valence-electron chi connectivity index (χ1n) is 10.7. The lowest BCUT2D eigenvalue weighted by atomic mass is 10.1. The minimum absolute atomic E-state index is 0.00331. The smallest absolute Gasteiger partial charge is 0.337 e. The molecule has 2 aromatic heterocycles. The standard InChI is InChI=1S/C26H19N5O3S/c1-16-21(17-10-4-2-5-11-17)27-26(35-16)31-24(32)23(22(30-31)18-12-6-3-7-13-18)29-28-20-15-9-8-14-19(20)25(33)34/h2-15,30H,1H3,(H,33,34). The van der Waals surface area contributed by atoms with Crippen LogP contribution in [0.1, 0.15) is 15.2 Å². The van der Waals surface area contributed by atoms with Crippen LogP contribution in [0.3, 0.4) is 0 Å². The van der Waals surface area contributed by atoms with Crippen molar-refractivity contribution in [3.63, 3.8) is 0 Å². The van der Waals surface area contributed by atoms with Crippen molar-refractivity contribution in [1.82, 2.24) is 14.8 Å². The monoisotopic (exact) mass is 481 g/mol. The maximum atomic E-state index is 13.5. The molecular formula is C26H19N5O3S. The predicted octanol–water partition coefficient (Wildman–Crippen LogP) is 6.38. The molecule has 0 atom stereocenters. The van der Waals surface area contributed by atoms with Crippen molar-refractivity contribution in [2.45, 2.75) is 6.92 Å². The van der Waals surface area contributed by atoms with E-state index in [2.05, 4.69) is 15.3 Å². The van der Waals surface area contributed by atoms with Gasteiger partial charge in [0.15, 0.2) is 5.69 Å². The molecule has 2 heterocycles. The van der Waals surface area contributed by atoms with E-state index < -0.39 is 11.5 Å². The van der Waals surface area contributed by atoms with Gasteiger partial charge in [-0.2, -0.15) is 4.68 Å². The van der Waals surface area contributed by atoms with Gasteiger partial charge < -0.3 is 5.11 Å². The van der Waals surface area contributed by atoms with Crippen molar-refractivity contribution in [2.75, 3.05) is 0 Å². The second-order valence-electron chi connectivity index (χ2n) is 7.63. The number of aryl methyl sites for hydroxylation is 1. The Morgan fingerprint density at radius 2 is 1.54 bits per heavy atom. The molecule has 5 aromatic rings. The van der Waals surface area contributed by atoms with Crippen LogP contribution in [0.5, 0.6) is 0 Å². The number of aromatic amines is 1. The fourth-order valence-corrected chi connectivity index (χ4v) is 4.54. The lowest BCUT2D eigenvalue weighted by molar-refractivity contribution is 0.0697. The fourth-order valence-electron chi connectivity index (χ4n) is 3.65. The molecule has 9 heteroatoms. The molecule has 0 aliphatic heterocycles. The number of thiazole rings is 1. The summed E-state index contributed by atoms with van der Waals surface area (Å²) in [6, 6.07) is 25.3. The molecule has 0 bridgehead atoms. The van der Waals surface area contributed by atoms with E-state index in [4.69, 9.17) is 4.98 Å². The number of carboxylic acids is 1. The Labute approximate surface area is 203 Å². The highest BCUT2D eigenvalue weighted by Crippen LogP contribution is 2.32. The van der Waals surface area contributed by atoms with E-state index in [1.165, 1.54) is 28.2 Å². The second-order valence-corrected chi connectivity index (χ2v) is 8.81. The van der Waals surface area contributed by atoms with E-state index >= 15 is 0 Å². The SMILES string of the molecule is Cc1sc(-n2[nH]c(-c3ccccc3)c(N=Nc3ccccc3C(=O)O)c2=O)nc1-c1ccccc1. The minimum atomic E-state index is -1.12. The van der Waals surface area contributed by atoms with Crippen LogP contribution >= 0.6 is 11.3 Å². The molecule has 3 aromatic carbocycles. The van der Waals surface area contributed by atoms with Gasteiger partial charge in [0.05, 0.1) is 17.0 Å². The summed E-state index contributed by atoms with van der Waals surface area (Å²) in [7, 11) is 0. The van der Waals surface area contributed by atoms with Gasteiger partial charge in [-0.1, -0.05) is 84.1 Å². The van der Waals surface area contributed by atoms with E-state index in [0.717, 1.165) is 21.7 Å². The maximum Gasteiger partial charge on any atom is 0.337 e. The average Bonchev–Trinajstić information content (AvgIpc) is 3.43. The number of hydrogen-bond donors (Lipinski definition) is 2. The summed E-state index contributed by atoms with van der Waals surface area (Å²) in [5.41, 5.74) is 2.73. The average molecular weight is 482 g/mol. The number of hydrogen-bond acceptors (Lipinski definition) is 6. The van der Waals surface area contributed by atoms with Crippen LogP contribution in [0.25, 0.3) is 27.6 Å². The van der Waals surface area contributed by atoms with Gasteiger partial charge in [-0.3, -0.25) is 9.89 Å². The first kappa shape index (κ1) is 22.2. The molecule has 35 heavy (non-hydrogen) atoms.